The maximum atomic E-state index is 13.6. The van der Waals surface area contributed by atoms with Gasteiger partial charge >= 0.3 is 0 Å². The lowest BCUT2D eigenvalue weighted by atomic mass is 10.1. The molecule has 0 saturated carbocycles. The van der Waals surface area contributed by atoms with Crippen LogP contribution in [0.25, 0.3) is 23.2 Å². The number of nitrogens with two attached hydrogens (primary N) is 1. The fraction of sp³-hybridized carbons (Fsp3) is 0.292. The first kappa shape index (κ1) is 21.4. The van der Waals surface area contributed by atoms with E-state index in [1.54, 1.807) is 10.6 Å². The summed E-state index contributed by atoms with van der Waals surface area (Å²) in [5.74, 6) is 0.781. The minimum absolute atomic E-state index is 0.181. The number of hydrogen-bond acceptors (Lipinski definition) is 6. The van der Waals surface area contributed by atoms with Gasteiger partial charge in [-0.1, -0.05) is 30.8 Å². The molecule has 0 radical (unpaired) electrons. The Bertz CT molecular complexity index is 1380. The second kappa shape index (κ2) is 9.12. The van der Waals surface area contributed by atoms with Crippen molar-refractivity contribution in [3.8, 4) is 6.07 Å². The maximum absolute atomic E-state index is 13.6. The van der Waals surface area contributed by atoms with E-state index in [0.29, 0.717) is 29.7 Å². The Morgan fingerprint density at radius 1 is 1.34 bits per heavy atom. The maximum Gasteiger partial charge on any atom is 0.278 e. The van der Waals surface area contributed by atoms with E-state index in [9.17, 15) is 10.1 Å². The Labute approximate surface area is 186 Å². The highest BCUT2D eigenvalue weighted by atomic mass is 16.1. The van der Waals surface area contributed by atoms with Crippen LogP contribution in [-0.4, -0.2) is 40.3 Å². The Hall–Kier alpha value is -3.83. The van der Waals surface area contributed by atoms with Crippen molar-refractivity contribution in [1.82, 2.24) is 19.4 Å². The molecule has 0 atom stereocenters. The lowest BCUT2D eigenvalue weighted by Gasteiger charge is -2.30. The van der Waals surface area contributed by atoms with Gasteiger partial charge < -0.3 is 20.5 Å². The number of nitriles is 1. The monoisotopic (exact) mass is 429 g/mol. The molecular weight excluding hydrogens is 402 g/mol. The van der Waals surface area contributed by atoms with Gasteiger partial charge in [-0.15, -0.1) is 0 Å². The van der Waals surface area contributed by atoms with Crippen LogP contribution in [0.5, 0.6) is 0 Å². The smallest absolute Gasteiger partial charge is 0.278 e. The molecule has 32 heavy (non-hydrogen) atoms. The van der Waals surface area contributed by atoms with E-state index < -0.39 is 0 Å². The fourth-order valence-electron chi connectivity index (χ4n) is 4.34. The molecule has 3 N–H and O–H groups in total. The summed E-state index contributed by atoms with van der Waals surface area (Å²) in [6.45, 7) is 10.2. The van der Waals surface area contributed by atoms with Crippen LogP contribution in [0.2, 0.25) is 0 Å². The van der Waals surface area contributed by atoms with Crippen LogP contribution in [0.15, 0.2) is 47.7 Å². The van der Waals surface area contributed by atoms with Crippen LogP contribution in [0.4, 0.5) is 5.82 Å². The first-order chi connectivity index (χ1) is 15.6. The molecule has 4 rings (SSSR count). The molecule has 8 nitrogen and oxygen atoms in total. The molecule has 1 fully saturated rings. The largest absolute Gasteiger partial charge is 0.405 e. The van der Waals surface area contributed by atoms with Crippen LogP contribution in [0.1, 0.15) is 12.5 Å². The number of hydrogen-bond donors (Lipinski definition) is 2. The summed E-state index contributed by atoms with van der Waals surface area (Å²) in [4.78, 5) is 20.3. The van der Waals surface area contributed by atoms with Crippen LogP contribution < -0.4 is 31.9 Å². The molecule has 0 bridgehead atoms. The van der Waals surface area contributed by atoms with Gasteiger partial charge in [-0.3, -0.25) is 9.36 Å². The number of rotatable bonds is 5. The average Bonchev–Trinajstić information content (AvgIpc) is 3.15. The van der Waals surface area contributed by atoms with E-state index in [1.807, 2.05) is 35.8 Å². The highest BCUT2D eigenvalue weighted by Crippen LogP contribution is 2.30. The summed E-state index contributed by atoms with van der Waals surface area (Å²) < 4.78 is 3.50. The zero-order chi connectivity index (χ0) is 22.7. The van der Waals surface area contributed by atoms with Crippen molar-refractivity contribution in [2.45, 2.75) is 20.0 Å². The van der Waals surface area contributed by atoms with Crippen molar-refractivity contribution in [2.24, 2.45) is 5.73 Å². The number of fused-ring (bicyclic) bond motifs is 1. The molecule has 1 aliphatic heterocycles. The van der Waals surface area contributed by atoms with E-state index >= 15 is 0 Å². The van der Waals surface area contributed by atoms with Crippen LogP contribution in [0.3, 0.4) is 0 Å². The van der Waals surface area contributed by atoms with E-state index in [4.69, 9.17) is 5.73 Å². The lowest BCUT2D eigenvalue weighted by Crippen LogP contribution is -2.44. The second-order valence-electron chi connectivity index (χ2n) is 7.71. The van der Waals surface area contributed by atoms with Gasteiger partial charge in [0, 0.05) is 32.7 Å². The quantitative estimate of drug-likeness (QED) is 0.602. The Morgan fingerprint density at radius 3 is 2.75 bits per heavy atom. The number of aryl methyl sites for hydroxylation is 1. The standard InChI is InChI=1S/C24H27N7O/c1-3-31-22-21(20(14-26)23(31)29-12-10-27-11-13-29)28-16-30(24(22)32)15-18(8-9-25)19-7-5-4-6-17(19)2/h4-9,16,27H,2-3,10-13,15,25H2,1H3/b9-8-,19-18+. The number of nitrogens with one attached hydrogen (secondary N) is 1. The number of aromatic nitrogens is 3. The third-order valence-corrected chi connectivity index (χ3v) is 5.85. The number of nitrogens with zero attached hydrogens (tertiary/aromatic N) is 5. The molecule has 0 aliphatic carbocycles. The molecule has 3 aromatic rings. The van der Waals surface area contributed by atoms with E-state index in [-0.39, 0.29) is 5.56 Å². The highest BCUT2D eigenvalue weighted by molar-refractivity contribution is 5.89. The summed E-state index contributed by atoms with van der Waals surface area (Å²) in [7, 11) is 0. The normalized spacial score (nSPS) is 15.3. The van der Waals surface area contributed by atoms with Crippen molar-refractivity contribution in [1.29, 1.82) is 5.26 Å². The lowest BCUT2D eigenvalue weighted by molar-refractivity contribution is 0.574. The highest BCUT2D eigenvalue weighted by Gasteiger charge is 2.26. The van der Waals surface area contributed by atoms with E-state index in [0.717, 1.165) is 48.0 Å². The minimum atomic E-state index is -0.181. The molecule has 1 aromatic carbocycles. The third-order valence-electron chi connectivity index (χ3n) is 5.85. The summed E-state index contributed by atoms with van der Waals surface area (Å²) >= 11 is 0. The number of anilines is 1. The third kappa shape index (κ3) is 3.67. The summed E-state index contributed by atoms with van der Waals surface area (Å²) in [5.41, 5.74) is 7.75. The predicted molar refractivity (Wildman–Crippen MR) is 127 cm³/mol. The number of benzene rings is 1. The topological polar surface area (TPSA) is 105 Å². The molecule has 3 heterocycles. The zero-order valence-electron chi connectivity index (χ0n) is 18.2. The molecular formula is C24H27N7O. The van der Waals surface area contributed by atoms with Crippen LogP contribution in [0, 0.1) is 11.3 Å². The first-order valence-electron chi connectivity index (χ1n) is 10.7. The molecule has 164 valence electrons. The van der Waals surface area contributed by atoms with Crippen molar-refractivity contribution in [2.75, 3.05) is 31.1 Å². The summed E-state index contributed by atoms with van der Waals surface area (Å²) in [6, 6.07) is 10.0. The predicted octanol–water partition coefficient (Wildman–Crippen LogP) is 0.233. The second-order valence-corrected chi connectivity index (χ2v) is 7.71. The van der Waals surface area contributed by atoms with Crippen molar-refractivity contribution < 1.29 is 0 Å². The molecule has 1 aliphatic rings. The van der Waals surface area contributed by atoms with Gasteiger partial charge in [0.15, 0.2) is 0 Å². The Morgan fingerprint density at radius 2 is 2.09 bits per heavy atom. The zero-order valence-corrected chi connectivity index (χ0v) is 18.2. The van der Waals surface area contributed by atoms with Gasteiger partial charge in [-0.25, -0.2) is 4.98 Å². The number of piperazine rings is 1. The molecule has 2 aromatic heterocycles. The summed E-state index contributed by atoms with van der Waals surface area (Å²) in [5, 5.41) is 15.0. The summed E-state index contributed by atoms with van der Waals surface area (Å²) in [6.07, 6.45) is 4.76. The van der Waals surface area contributed by atoms with E-state index in [1.165, 1.54) is 12.5 Å². The van der Waals surface area contributed by atoms with Crippen LogP contribution in [-0.2, 0) is 13.1 Å². The van der Waals surface area contributed by atoms with Gasteiger partial charge in [0.1, 0.15) is 28.5 Å². The Kier molecular flexibility index (Phi) is 6.10. The van der Waals surface area contributed by atoms with Gasteiger partial charge in [0.05, 0.1) is 12.9 Å². The average molecular weight is 430 g/mol. The van der Waals surface area contributed by atoms with Crippen molar-refractivity contribution >= 4 is 29.0 Å². The van der Waals surface area contributed by atoms with Gasteiger partial charge in [0.25, 0.3) is 5.56 Å². The first-order valence-corrected chi connectivity index (χ1v) is 10.7. The molecule has 0 spiro atoms. The fourth-order valence-corrected chi connectivity index (χ4v) is 4.34. The SMILES string of the molecule is C=c1cccc/c1=C(/C=C\N)Cn1cnc2c(C#N)c(N3CCNCC3)n(CC)c2c1=O. The van der Waals surface area contributed by atoms with Crippen LogP contribution >= 0.6 is 0 Å². The molecule has 0 amide bonds. The van der Waals surface area contributed by atoms with Gasteiger partial charge in [-0.2, -0.15) is 5.26 Å². The minimum Gasteiger partial charge on any atom is -0.405 e. The van der Waals surface area contributed by atoms with Gasteiger partial charge in [-0.05, 0) is 35.2 Å². The Balaban J connectivity index is 1.92. The number of allylic oxidation sites excluding steroid dienone is 1. The van der Waals surface area contributed by atoms with Gasteiger partial charge in [0.2, 0.25) is 0 Å². The molecule has 1 saturated heterocycles. The molecule has 8 heteroatoms. The van der Waals surface area contributed by atoms with Crippen molar-refractivity contribution in [3.05, 3.63) is 69.2 Å². The van der Waals surface area contributed by atoms with Crippen molar-refractivity contribution in [3.63, 3.8) is 0 Å². The molecule has 0 unspecified atom stereocenters. The van der Waals surface area contributed by atoms with E-state index in [2.05, 4.69) is 27.8 Å².